The average Bonchev–Trinajstić information content (AvgIpc) is 3.36. The van der Waals surface area contributed by atoms with Gasteiger partial charge in [0.2, 0.25) is 0 Å². The van der Waals surface area contributed by atoms with Gasteiger partial charge in [-0.05, 0) is 0 Å². The number of fused-ring (bicyclic) bond motifs is 3. The Morgan fingerprint density at radius 1 is 1.48 bits per heavy atom. The van der Waals surface area contributed by atoms with Gasteiger partial charge in [0.15, 0.2) is 11.5 Å². The molecule has 0 spiro atoms. The number of hydrogen-bond acceptors (Lipinski definition) is 8. The molecule has 4 heterocycles. The zero-order chi connectivity index (χ0) is 19.1. The smallest absolute Gasteiger partial charge is 0.291 e. The Labute approximate surface area is 159 Å². The number of nitrogens with zero attached hydrogens (tertiary/aromatic N) is 5. The minimum Gasteiger partial charge on any atom is -0.399 e. The van der Waals surface area contributed by atoms with Crippen molar-refractivity contribution in [1.82, 2.24) is 24.3 Å². The maximum absolute atomic E-state index is 13.4. The molecular weight excluding hydrogens is 389 g/mol. The molecule has 27 heavy (non-hydrogen) atoms. The summed E-state index contributed by atoms with van der Waals surface area (Å²) in [5.74, 6) is -0.772. The SMILES string of the molecule is Cn1c2nc(CC(N)=C(F)C=N)sc2c2cnn(Cc3cscn3)c(=O)c21. The zero-order valence-electron chi connectivity index (χ0n) is 14.1. The highest BCUT2D eigenvalue weighted by molar-refractivity contribution is 7.19. The van der Waals surface area contributed by atoms with E-state index in [9.17, 15) is 9.18 Å². The Bertz CT molecular complexity index is 1250. The minimum atomic E-state index is -0.772. The summed E-state index contributed by atoms with van der Waals surface area (Å²) in [6, 6.07) is 0. The molecule has 0 amide bonds. The van der Waals surface area contributed by atoms with Crippen LogP contribution in [0.1, 0.15) is 10.7 Å². The zero-order valence-corrected chi connectivity index (χ0v) is 15.8. The number of aromatic nitrogens is 5. The highest BCUT2D eigenvalue weighted by atomic mass is 32.1. The first kappa shape index (κ1) is 17.5. The summed E-state index contributed by atoms with van der Waals surface area (Å²) in [6.07, 6.45) is 2.33. The Kier molecular flexibility index (Phi) is 4.32. The molecule has 0 aliphatic heterocycles. The highest BCUT2D eigenvalue weighted by Crippen LogP contribution is 2.31. The van der Waals surface area contributed by atoms with Crippen molar-refractivity contribution in [2.75, 3.05) is 0 Å². The molecule has 0 fully saturated rings. The molecule has 0 unspecified atom stereocenters. The molecule has 4 aromatic heterocycles. The summed E-state index contributed by atoms with van der Waals surface area (Å²) in [6.45, 7) is 0.306. The second kappa shape index (κ2) is 6.67. The van der Waals surface area contributed by atoms with Gasteiger partial charge in [0, 0.05) is 24.2 Å². The van der Waals surface area contributed by atoms with Crippen molar-refractivity contribution in [3.63, 3.8) is 0 Å². The third-order valence-corrected chi connectivity index (χ3v) is 5.85. The van der Waals surface area contributed by atoms with E-state index in [1.54, 1.807) is 23.3 Å². The van der Waals surface area contributed by atoms with Gasteiger partial charge in [-0.2, -0.15) is 5.10 Å². The number of allylic oxidation sites excluding steroid dienone is 2. The number of halogens is 1. The standard InChI is InChI=1S/C16H14FN7OS2/c1-23-13-9(4-21-24(16(13)25)5-8-6-26-7-20-8)14-15(23)22-12(27-14)2-11(19)10(17)3-18/h3-4,6-7,18H,2,5,19H2,1H3. The molecular formula is C16H14FN7OS2. The molecule has 0 saturated heterocycles. The fourth-order valence-corrected chi connectivity index (χ4v) is 4.51. The van der Waals surface area contributed by atoms with Crippen LogP contribution in [0.25, 0.3) is 21.3 Å². The molecule has 0 saturated carbocycles. The van der Waals surface area contributed by atoms with E-state index in [4.69, 9.17) is 11.1 Å². The molecule has 8 nitrogen and oxygen atoms in total. The number of rotatable bonds is 5. The largest absolute Gasteiger partial charge is 0.399 e. The van der Waals surface area contributed by atoms with Crippen LogP contribution < -0.4 is 11.3 Å². The fourth-order valence-electron chi connectivity index (χ4n) is 2.83. The molecule has 0 aliphatic carbocycles. The van der Waals surface area contributed by atoms with Crippen LogP contribution in [0.3, 0.4) is 0 Å². The van der Waals surface area contributed by atoms with Gasteiger partial charge in [-0.1, -0.05) is 0 Å². The summed E-state index contributed by atoms with van der Waals surface area (Å²) in [5.41, 5.74) is 9.01. The van der Waals surface area contributed by atoms with Gasteiger partial charge in [-0.3, -0.25) is 4.79 Å². The summed E-state index contributed by atoms with van der Waals surface area (Å²) in [5, 5.41) is 14.4. The Morgan fingerprint density at radius 3 is 3.00 bits per heavy atom. The number of nitrogens with two attached hydrogens (primary N) is 1. The second-order valence-electron chi connectivity index (χ2n) is 5.86. The average molecular weight is 403 g/mol. The molecule has 0 radical (unpaired) electrons. The second-order valence-corrected chi connectivity index (χ2v) is 7.67. The first-order valence-electron chi connectivity index (χ1n) is 7.85. The van der Waals surface area contributed by atoms with Crippen LogP contribution in [0.5, 0.6) is 0 Å². The number of nitrogens with one attached hydrogen (secondary N) is 1. The van der Waals surface area contributed by atoms with Crippen molar-refractivity contribution in [1.29, 1.82) is 5.41 Å². The summed E-state index contributed by atoms with van der Waals surface area (Å²) >= 11 is 2.80. The summed E-state index contributed by atoms with van der Waals surface area (Å²) < 4.78 is 17.3. The van der Waals surface area contributed by atoms with Crippen molar-refractivity contribution in [3.8, 4) is 0 Å². The van der Waals surface area contributed by atoms with Crippen LogP contribution in [-0.4, -0.2) is 30.5 Å². The maximum atomic E-state index is 13.4. The van der Waals surface area contributed by atoms with Crippen LogP contribution in [0.15, 0.2) is 33.4 Å². The van der Waals surface area contributed by atoms with E-state index in [0.29, 0.717) is 34.3 Å². The fraction of sp³-hybridized carbons (Fsp3) is 0.188. The maximum Gasteiger partial charge on any atom is 0.291 e. The van der Waals surface area contributed by atoms with Crippen molar-refractivity contribution in [2.45, 2.75) is 13.0 Å². The molecule has 138 valence electrons. The summed E-state index contributed by atoms with van der Waals surface area (Å²) in [4.78, 5) is 21.5. The van der Waals surface area contributed by atoms with Gasteiger partial charge in [0.1, 0.15) is 10.5 Å². The topological polar surface area (TPSA) is 115 Å². The van der Waals surface area contributed by atoms with Crippen molar-refractivity contribution >= 4 is 50.1 Å². The summed E-state index contributed by atoms with van der Waals surface area (Å²) in [7, 11) is 1.76. The van der Waals surface area contributed by atoms with Crippen LogP contribution in [0.4, 0.5) is 4.39 Å². The highest BCUT2D eigenvalue weighted by Gasteiger charge is 2.19. The van der Waals surface area contributed by atoms with Gasteiger partial charge in [-0.15, -0.1) is 22.7 Å². The normalized spacial score (nSPS) is 12.7. The van der Waals surface area contributed by atoms with E-state index in [0.717, 1.165) is 10.4 Å². The van der Waals surface area contributed by atoms with Crippen molar-refractivity contribution in [2.24, 2.45) is 12.8 Å². The van der Waals surface area contributed by atoms with E-state index in [2.05, 4.69) is 15.1 Å². The quantitative estimate of drug-likeness (QED) is 0.496. The van der Waals surface area contributed by atoms with Crippen molar-refractivity contribution < 1.29 is 4.39 Å². The first-order chi connectivity index (χ1) is 13.0. The molecule has 0 aliphatic rings. The van der Waals surface area contributed by atoms with Crippen LogP contribution in [-0.2, 0) is 20.0 Å². The third kappa shape index (κ3) is 2.94. The number of aryl methyl sites for hydroxylation is 1. The third-order valence-electron chi connectivity index (χ3n) is 4.14. The Hall–Kier alpha value is -2.92. The first-order valence-corrected chi connectivity index (χ1v) is 9.61. The molecule has 3 N–H and O–H groups in total. The van der Waals surface area contributed by atoms with E-state index < -0.39 is 5.83 Å². The molecule has 11 heteroatoms. The molecule has 0 aromatic carbocycles. The number of hydrogen-bond donors (Lipinski definition) is 2. The lowest BCUT2D eigenvalue weighted by Crippen LogP contribution is -2.24. The lowest BCUT2D eigenvalue weighted by molar-refractivity contribution is 0.635. The Balaban J connectivity index is 1.80. The Morgan fingerprint density at radius 2 is 2.30 bits per heavy atom. The van der Waals surface area contributed by atoms with E-state index in [-0.39, 0.29) is 17.7 Å². The van der Waals surface area contributed by atoms with Gasteiger partial charge in [-0.25, -0.2) is 19.0 Å². The van der Waals surface area contributed by atoms with E-state index >= 15 is 0 Å². The molecule has 0 atom stereocenters. The molecule has 4 aromatic rings. The van der Waals surface area contributed by atoms with Crippen molar-refractivity contribution in [3.05, 3.63) is 49.7 Å². The van der Waals surface area contributed by atoms with Gasteiger partial charge in [0.25, 0.3) is 5.56 Å². The predicted molar refractivity (Wildman–Crippen MR) is 104 cm³/mol. The monoisotopic (exact) mass is 403 g/mol. The lowest BCUT2D eigenvalue weighted by Gasteiger charge is -2.03. The van der Waals surface area contributed by atoms with Gasteiger partial charge < -0.3 is 15.7 Å². The minimum absolute atomic E-state index is 0.0443. The predicted octanol–water partition coefficient (Wildman–Crippen LogP) is 2.18. The lowest BCUT2D eigenvalue weighted by atomic mass is 10.3. The van der Waals surface area contributed by atoms with Crippen LogP contribution in [0.2, 0.25) is 0 Å². The van der Waals surface area contributed by atoms with E-state index in [1.165, 1.54) is 27.4 Å². The molecule has 0 bridgehead atoms. The van der Waals surface area contributed by atoms with E-state index in [1.807, 2.05) is 5.38 Å². The van der Waals surface area contributed by atoms with Crippen LogP contribution in [0, 0.1) is 5.41 Å². The van der Waals surface area contributed by atoms with Gasteiger partial charge in [0.05, 0.1) is 40.6 Å². The van der Waals surface area contributed by atoms with Gasteiger partial charge >= 0.3 is 0 Å². The van der Waals surface area contributed by atoms with Crippen LogP contribution >= 0.6 is 22.7 Å². The number of thiazole rings is 2. The molecule has 4 rings (SSSR count).